The van der Waals surface area contributed by atoms with E-state index in [1.54, 1.807) is 30.3 Å². The van der Waals surface area contributed by atoms with Crippen molar-refractivity contribution in [3.8, 4) is 6.07 Å². The molecule has 0 bridgehead atoms. The molecule has 2 rings (SSSR count). The average Bonchev–Trinajstić information content (AvgIpc) is 2.52. The van der Waals surface area contributed by atoms with Gasteiger partial charge in [-0.05, 0) is 18.2 Å². The largest absolute Gasteiger partial charge is 0.457 e. The van der Waals surface area contributed by atoms with Crippen molar-refractivity contribution in [3.63, 3.8) is 0 Å². The summed E-state index contributed by atoms with van der Waals surface area (Å²) in [6.07, 6.45) is 0. The molecule has 0 unspecified atom stereocenters. The molecule has 6 heteroatoms. The van der Waals surface area contributed by atoms with Crippen LogP contribution in [0, 0.1) is 11.3 Å². The highest BCUT2D eigenvalue weighted by Gasteiger charge is 2.15. The van der Waals surface area contributed by atoms with Crippen molar-refractivity contribution in [3.05, 3.63) is 63.1 Å². The summed E-state index contributed by atoms with van der Waals surface area (Å²) < 4.78 is 5.16. The number of hydrogen-bond donors (Lipinski definition) is 1. The van der Waals surface area contributed by atoms with Gasteiger partial charge in [0.25, 0.3) is 0 Å². The lowest BCUT2D eigenvalue weighted by Crippen LogP contribution is -2.06. The third kappa shape index (κ3) is 3.27. The van der Waals surface area contributed by atoms with Gasteiger partial charge in [0.15, 0.2) is 0 Å². The summed E-state index contributed by atoms with van der Waals surface area (Å²) in [6, 6.07) is 11.9. The fourth-order valence-electron chi connectivity index (χ4n) is 1.70. The molecule has 2 aromatic carbocycles. The van der Waals surface area contributed by atoms with Gasteiger partial charge >= 0.3 is 5.97 Å². The van der Waals surface area contributed by atoms with Crippen LogP contribution in [-0.2, 0) is 11.3 Å². The number of rotatable bonds is 3. The van der Waals surface area contributed by atoms with Gasteiger partial charge in [-0.1, -0.05) is 41.4 Å². The van der Waals surface area contributed by atoms with Crippen LogP contribution < -0.4 is 5.73 Å². The van der Waals surface area contributed by atoms with Gasteiger partial charge in [0.05, 0.1) is 26.9 Å². The molecule has 0 saturated carbocycles. The lowest BCUT2D eigenvalue weighted by molar-refractivity contribution is 0.0473. The first-order chi connectivity index (χ1) is 10.0. The third-order valence-electron chi connectivity index (χ3n) is 2.80. The maximum atomic E-state index is 11.8. The smallest absolute Gasteiger partial charge is 0.338 e. The van der Waals surface area contributed by atoms with E-state index in [1.165, 1.54) is 6.07 Å². The van der Waals surface area contributed by atoms with E-state index in [-0.39, 0.29) is 27.9 Å². The molecule has 2 N–H and O–H groups in total. The molecule has 0 spiro atoms. The number of esters is 1. The van der Waals surface area contributed by atoms with Crippen LogP contribution >= 0.6 is 23.2 Å². The first-order valence-electron chi connectivity index (χ1n) is 5.93. The number of nitrogens with two attached hydrogens (primary N) is 1. The predicted molar refractivity (Wildman–Crippen MR) is 81.2 cm³/mol. The predicted octanol–water partition coefficient (Wildman–Crippen LogP) is 3.80. The van der Waals surface area contributed by atoms with Gasteiger partial charge in [-0.2, -0.15) is 5.26 Å². The van der Waals surface area contributed by atoms with Crippen LogP contribution in [0.3, 0.4) is 0 Å². The zero-order chi connectivity index (χ0) is 15.4. The lowest BCUT2D eigenvalue weighted by Gasteiger charge is -2.10. The summed E-state index contributed by atoms with van der Waals surface area (Å²) in [7, 11) is 0. The van der Waals surface area contributed by atoms with E-state index in [2.05, 4.69) is 0 Å². The van der Waals surface area contributed by atoms with Crippen molar-refractivity contribution >= 4 is 34.9 Å². The zero-order valence-electron chi connectivity index (χ0n) is 10.8. The number of nitrogens with zero attached hydrogens (tertiary/aromatic N) is 1. The summed E-state index contributed by atoms with van der Waals surface area (Å²) in [4.78, 5) is 11.8. The third-order valence-corrected chi connectivity index (χ3v) is 3.65. The number of benzene rings is 2. The van der Waals surface area contributed by atoms with E-state index in [9.17, 15) is 4.79 Å². The number of ether oxygens (including phenoxy) is 1. The molecule has 4 nitrogen and oxygen atoms in total. The number of halogens is 2. The number of nitriles is 1. The Balaban J connectivity index is 2.20. The molecule has 0 radical (unpaired) electrons. The molecule has 2 aromatic rings. The Morgan fingerprint density at radius 1 is 1.24 bits per heavy atom. The molecule has 106 valence electrons. The lowest BCUT2D eigenvalue weighted by atomic mass is 10.1. The highest BCUT2D eigenvalue weighted by molar-refractivity contribution is 6.40. The fourth-order valence-corrected chi connectivity index (χ4v) is 2.15. The Labute approximate surface area is 131 Å². The molecule has 0 aliphatic carbocycles. The van der Waals surface area contributed by atoms with Gasteiger partial charge in [0.1, 0.15) is 12.7 Å². The van der Waals surface area contributed by atoms with E-state index in [0.29, 0.717) is 11.1 Å². The summed E-state index contributed by atoms with van der Waals surface area (Å²) >= 11 is 11.9. The maximum Gasteiger partial charge on any atom is 0.338 e. The van der Waals surface area contributed by atoms with Crippen molar-refractivity contribution < 1.29 is 9.53 Å². The molecule has 21 heavy (non-hydrogen) atoms. The fraction of sp³-hybridized carbons (Fsp3) is 0.0667. The second-order valence-electron chi connectivity index (χ2n) is 4.18. The van der Waals surface area contributed by atoms with Crippen molar-refractivity contribution in [2.75, 3.05) is 5.73 Å². The van der Waals surface area contributed by atoms with Crippen LogP contribution in [0.25, 0.3) is 0 Å². The molecule has 0 aliphatic rings. The standard InChI is InChI=1S/C15H10Cl2N2O2/c16-12-10(7-18)6-11(13(17)14(12)19)8-21-15(20)9-4-2-1-3-5-9/h1-6H,8,19H2. The maximum absolute atomic E-state index is 11.8. The normalized spacial score (nSPS) is 9.95. The molecular formula is C15H10Cl2N2O2. The minimum absolute atomic E-state index is 0.0946. The number of hydrogen-bond acceptors (Lipinski definition) is 4. The van der Waals surface area contributed by atoms with E-state index < -0.39 is 5.97 Å². The van der Waals surface area contributed by atoms with E-state index in [0.717, 1.165) is 0 Å². The SMILES string of the molecule is N#Cc1cc(COC(=O)c2ccccc2)c(Cl)c(N)c1Cl. The molecule has 0 amide bonds. The molecule has 0 saturated heterocycles. The van der Waals surface area contributed by atoms with Crippen LogP contribution in [0.2, 0.25) is 10.0 Å². The number of carbonyl (C=O) groups excluding carboxylic acids is 1. The molecule has 0 aromatic heterocycles. The summed E-state index contributed by atoms with van der Waals surface area (Å²) in [5.74, 6) is -0.487. The molecule has 0 heterocycles. The van der Waals surface area contributed by atoms with Crippen LogP contribution in [0.15, 0.2) is 36.4 Å². The number of carbonyl (C=O) groups is 1. The average molecular weight is 321 g/mol. The molecular weight excluding hydrogens is 311 g/mol. The van der Waals surface area contributed by atoms with Gasteiger partial charge in [-0.3, -0.25) is 0 Å². The van der Waals surface area contributed by atoms with Gasteiger partial charge < -0.3 is 10.5 Å². The summed E-state index contributed by atoms with van der Waals surface area (Å²) in [6.45, 7) is -0.0946. The monoisotopic (exact) mass is 320 g/mol. The van der Waals surface area contributed by atoms with Crippen molar-refractivity contribution in [1.29, 1.82) is 5.26 Å². The highest BCUT2D eigenvalue weighted by atomic mass is 35.5. The van der Waals surface area contributed by atoms with E-state index in [1.807, 2.05) is 6.07 Å². The Kier molecular flexibility index (Phi) is 4.69. The topological polar surface area (TPSA) is 76.1 Å². The molecule has 0 fully saturated rings. The minimum Gasteiger partial charge on any atom is -0.457 e. The Bertz CT molecular complexity index is 725. The van der Waals surface area contributed by atoms with Gasteiger partial charge in [0, 0.05) is 5.56 Å². The number of nitrogen functional groups attached to an aromatic ring is 1. The Morgan fingerprint density at radius 2 is 1.90 bits per heavy atom. The van der Waals surface area contributed by atoms with Gasteiger partial charge in [-0.15, -0.1) is 0 Å². The van der Waals surface area contributed by atoms with Crippen molar-refractivity contribution in [2.24, 2.45) is 0 Å². The second-order valence-corrected chi connectivity index (χ2v) is 4.93. The highest BCUT2D eigenvalue weighted by Crippen LogP contribution is 2.34. The Hall–Kier alpha value is -2.22. The van der Waals surface area contributed by atoms with Gasteiger partial charge in [-0.25, -0.2) is 4.79 Å². The van der Waals surface area contributed by atoms with Crippen LogP contribution in [0.1, 0.15) is 21.5 Å². The minimum atomic E-state index is -0.487. The van der Waals surface area contributed by atoms with Crippen LogP contribution in [-0.4, -0.2) is 5.97 Å². The van der Waals surface area contributed by atoms with Crippen molar-refractivity contribution in [2.45, 2.75) is 6.61 Å². The Morgan fingerprint density at radius 3 is 2.52 bits per heavy atom. The van der Waals surface area contributed by atoms with Crippen LogP contribution in [0.5, 0.6) is 0 Å². The molecule has 0 aliphatic heterocycles. The van der Waals surface area contributed by atoms with Crippen LogP contribution in [0.4, 0.5) is 5.69 Å². The van der Waals surface area contributed by atoms with E-state index in [4.69, 9.17) is 38.9 Å². The zero-order valence-corrected chi connectivity index (χ0v) is 12.3. The quantitative estimate of drug-likeness (QED) is 0.689. The summed E-state index contributed by atoms with van der Waals surface area (Å²) in [5, 5.41) is 9.25. The van der Waals surface area contributed by atoms with Crippen molar-refractivity contribution in [1.82, 2.24) is 0 Å². The number of anilines is 1. The van der Waals surface area contributed by atoms with E-state index >= 15 is 0 Å². The summed E-state index contributed by atoms with van der Waals surface area (Å²) in [5.41, 5.74) is 6.86. The first kappa shape index (κ1) is 15.2. The first-order valence-corrected chi connectivity index (χ1v) is 6.68. The second kappa shape index (κ2) is 6.49. The van der Waals surface area contributed by atoms with Gasteiger partial charge in [0.2, 0.25) is 0 Å². The molecule has 0 atom stereocenters.